The van der Waals surface area contributed by atoms with Crippen LogP contribution in [-0.4, -0.2) is 25.6 Å². The van der Waals surface area contributed by atoms with Gasteiger partial charge in [0, 0.05) is 11.1 Å². The zero-order chi connectivity index (χ0) is 14.4. The van der Waals surface area contributed by atoms with Crippen molar-refractivity contribution in [2.45, 2.75) is 33.1 Å². The highest BCUT2D eigenvalue weighted by Crippen LogP contribution is 2.29. The summed E-state index contributed by atoms with van der Waals surface area (Å²) in [4.78, 5) is 12.4. The fraction of sp³-hybridized carbons (Fsp3) is 0.562. The summed E-state index contributed by atoms with van der Waals surface area (Å²) >= 11 is 0. The topological polar surface area (TPSA) is 50.4 Å². The van der Waals surface area contributed by atoms with Gasteiger partial charge in [-0.3, -0.25) is 4.79 Å². The molecule has 0 radical (unpaired) electrons. The van der Waals surface area contributed by atoms with Crippen LogP contribution >= 0.6 is 0 Å². The van der Waals surface area contributed by atoms with Gasteiger partial charge in [-0.05, 0) is 56.6 Å². The third kappa shape index (κ3) is 3.73. The van der Waals surface area contributed by atoms with Crippen molar-refractivity contribution in [2.75, 3.05) is 25.0 Å². The van der Waals surface area contributed by atoms with Gasteiger partial charge in [0.05, 0.1) is 6.61 Å². The molecule has 4 heteroatoms. The molecule has 0 atom stereocenters. The van der Waals surface area contributed by atoms with Crippen LogP contribution in [0.2, 0.25) is 0 Å². The molecule has 1 aromatic carbocycles. The van der Waals surface area contributed by atoms with Crippen LogP contribution in [0.3, 0.4) is 0 Å². The molecule has 0 saturated carbocycles. The first-order chi connectivity index (χ1) is 9.64. The van der Waals surface area contributed by atoms with Crippen LogP contribution in [0.25, 0.3) is 0 Å². The molecule has 0 spiro atoms. The standard InChI is InChI=1S/C16H24N2O2/c1-3-12-20-14-6-4-13(5-7-14)18-15(19)16(2)8-10-17-11-9-16/h4-7,17H,3,8-12H2,1-2H3,(H,18,19). The number of ether oxygens (including phenoxy) is 1. The molecule has 110 valence electrons. The van der Waals surface area contributed by atoms with Gasteiger partial charge in [0.15, 0.2) is 0 Å². The van der Waals surface area contributed by atoms with Crippen LogP contribution < -0.4 is 15.4 Å². The molecule has 1 aromatic rings. The summed E-state index contributed by atoms with van der Waals surface area (Å²) in [5, 5.41) is 6.30. The van der Waals surface area contributed by atoms with Crippen LogP contribution in [-0.2, 0) is 4.79 Å². The maximum Gasteiger partial charge on any atom is 0.230 e. The smallest absolute Gasteiger partial charge is 0.230 e. The minimum absolute atomic E-state index is 0.112. The Bertz CT molecular complexity index is 436. The van der Waals surface area contributed by atoms with E-state index < -0.39 is 0 Å². The minimum atomic E-state index is -0.261. The summed E-state index contributed by atoms with van der Waals surface area (Å²) in [5.74, 6) is 0.958. The van der Waals surface area contributed by atoms with Gasteiger partial charge in [-0.2, -0.15) is 0 Å². The summed E-state index contributed by atoms with van der Waals surface area (Å²) in [6.45, 7) is 6.66. The van der Waals surface area contributed by atoms with E-state index in [-0.39, 0.29) is 11.3 Å². The fourth-order valence-electron chi connectivity index (χ4n) is 2.34. The molecule has 1 aliphatic rings. The van der Waals surface area contributed by atoms with Crippen molar-refractivity contribution in [1.82, 2.24) is 5.32 Å². The molecule has 2 rings (SSSR count). The molecule has 4 nitrogen and oxygen atoms in total. The van der Waals surface area contributed by atoms with Crippen LogP contribution in [0, 0.1) is 5.41 Å². The normalized spacial score (nSPS) is 17.5. The number of nitrogens with one attached hydrogen (secondary N) is 2. The quantitative estimate of drug-likeness (QED) is 0.869. The van der Waals surface area contributed by atoms with Crippen molar-refractivity contribution < 1.29 is 9.53 Å². The third-order valence-corrected chi connectivity index (χ3v) is 3.84. The first-order valence-electron chi connectivity index (χ1n) is 7.39. The summed E-state index contributed by atoms with van der Waals surface area (Å²) in [6, 6.07) is 7.59. The van der Waals surface area contributed by atoms with E-state index in [9.17, 15) is 4.79 Å². The van der Waals surface area contributed by atoms with E-state index in [1.54, 1.807) is 0 Å². The van der Waals surface area contributed by atoms with Crippen LogP contribution in [0.1, 0.15) is 33.1 Å². The number of amides is 1. The molecule has 2 N–H and O–H groups in total. The highest BCUT2D eigenvalue weighted by atomic mass is 16.5. The predicted molar refractivity (Wildman–Crippen MR) is 81.1 cm³/mol. The second-order valence-corrected chi connectivity index (χ2v) is 5.64. The Kier molecular flexibility index (Phi) is 5.01. The van der Waals surface area contributed by atoms with Crippen molar-refractivity contribution in [3.63, 3.8) is 0 Å². The van der Waals surface area contributed by atoms with E-state index in [1.165, 1.54) is 0 Å². The lowest BCUT2D eigenvalue weighted by Crippen LogP contribution is -2.42. The summed E-state index contributed by atoms with van der Waals surface area (Å²) in [7, 11) is 0. The number of anilines is 1. The Morgan fingerprint density at radius 3 is 2.55 bits per heavy atom. The van der Waals surface area contributed by atoms with Crippen LogP contribution in [0.4, 0.5) is 5.69 Å². The fourth-order valence-corrected chi connectivity index (χ4v) is 2.34. The SMILES string of the molecule is CCCOc1ccc(NC(=O)C2(C)CCNCC2)cc1. The molecule has 0 aliphatic carbocycles. The molecule has 1 heterocycles. The Morgan fingerprint density at radius 2 is 1.95 bits per heavy atom. The number of benzene rings is 1. The van der Waals surface area contributed by atoms with Crippen LogP contribution in [0.15, 0.2) is 24.3 Å². The van der Waals surface area contributed by atoms with Crippen molar-refractivity contribution in [2.24, 2.45) is 5.41 Å². The van der Waals surface area contributed by atoms with Gasteiger partial charge >= 0.3 is 0 Å². The maximum atomic E-state index is 12.4. The summed E-state index contributed by atoms with van der Waals surface area (Å²) in [5.41, 5.74) is 0.571. The molecule has 0 aromatic heterocycles. The van der Waals surface area contributed by atoms with Gasteiger partial charge in [0.2, 0.25) is 5.91 Å². The van der Waals surface area contributed by atoms with E-state index >= 15 is 0 Å². The number of carbonyl (C=O) groups excluding carboxylic acids is 1. The molecule has 1 amide bonds. The van der Waals surface area contributed by atoms with E-state index in [0.717, 1.165) is 50.4 Å². The van der Waals surface area contributed by atoms with Gasteiger partial charge in [0.1, 0.15) is 5.75 Å². The van der Waals surface area contributed by atoms with Crippen LogP contribution in [0.5, 0.6) is 5.75 Å². The van der Waals surface area contributed by atoms with Crippen molar-refractivity contribution in [3.05, 3.63) is 24.3 Å². The Labute approximate surface area is 120 Å². The second-order valence-electron chi connectivity index (χ2n) is 5.64. The van der Waals surface area contributed by atoms with Crippen molar-refractivity contribution in [1.29, 1.82) is 0 Å². The predicted octanol–water partition coefficient (Wildman–Crippen LogP) is 2.80. The largest absolute Gasteiger partial charge is 0.494 e. The van der Waals surface area contributed by atoms with E-state index in [4.69, 9.17) is 4.74 Å². The van der Waals surface area contributed by atoms with Crippen molar-refractivity contribution in [3.8, 4) is 5.75 Å². The van der Waals surface area contributed by atoms with Gasteiger partial charge < -0.3 is 15.4 Å². The molecule has 1 aliphatic heterocycles. The third-order valence-electron chi connectivity index (χ3n) is 3.84. The van der Waals surface area contributed by atoms with E-state index in [0.29, 0.717) is 0 Å². The summed E-state index contributed by atoms with van der Waals surface area (Å²) in [6.07, 6.45) is 2.76. The van der Waals surface area contributed by atoms with E-state index in [2.05, 4.69) is 17.6 Å². The Hall–Kier alpha value is -1.55. The summed E-state index contributed by atoms with van der Waals surface area (Å²) < 4.78 is 5.53. The number of hydrogen-bond donors (Lipinski definition) is 2. The maximum absolute atomic E-state index is 12.4. The number of carbonyl (C=O) groups is 1. The van der Waals surface area contributed by atoms with Crippen molar-refractivity contribution >= 4 is 11.6 Å². The minimum Gasteiger partial charge on any atom is -0.494 e. The molecule has 20 heavy (non-hydrogen) atoms. The first kappa shape index (κ1) is 14.9. The highest BCUT2D eigenvalue weighted by Gasteiger charge is 2.34. The van der Waals surface area contributed by atoms with E-state index in [1.807, 2.05) is 31.2 Å². The molecule has 0 bridgehead atoms. The molecular weight excluding hydrogens is 252 g/mol. The van der Waals surface area contributed by atoms with Gasteiger partial charge in [-0.15, -0.1) is 0 Å². The number of hydrogen-bond acceptors (Lipinski definition) is 3. The molecule has 1 fully saturated rings. The first-order valence-corrected chi connectivity index (χ1v) is 7.39. The number of rotatable bonds is 5. The lowest BCUT2D eigenvalue weighted by atomic mass is 9.80. The second kappa shape index (κ2) is 6.75. The average Bonchev–Trinajstić information content (AvgIpc) is 2.47. The van der Waals surface area contributed by atoms with Gasteiger partial charge in [0.25, 0.3) is 0 Å². The number of piperidine rings is 1. The lowest BCUT2D eigenvalue weighted by molar-refractivity contribution is -0.126. The highest BCUT2D eigenvalue weighted by molar-refractivity contribution is 5.95. The zero-order valence-corrected chi connectivity index (χ0v) is 12.4. The van der Waals surface area contributed by atoms with Gasteiger partial charge in [-0.25, -0.2) is 0 Å². The molecule has 0 unspecified atom stereocenters. The Morgan fingerprint density at radius 1 is 1.30 bits per heavy atom. The average molecular weight is 276 g/mol. The monoisotopic (exact) mass is 276 g/mol. The molecule has 1 saturated heterocycles. The zero-order valence-electron chi connectivity index (χ0n) is 12.4. The van der Waals surface area contributed by atoms with Gasteiger partial charge in [-0.1, -0.05) is 13.8 Å². The lowest BCUT2D eigenvalue weighted by Gasteiger charge is -2.32. The molecular formula is C16H24N2O2. The Balaban J connectivity index is 1.93.